The summed E-state index contributed by atoms with van der Waals surface area (Å²) in [6.07, 6.45) is 4.11. The lowest BCUT2D eigenvalue weighted by atomic mass is 10.0. The molecule has 0 fully saturated rings. The van der Waals surface area contributed by atoms with Crippen LogP contribution in [0.25, 0.3) is 22.6 Å². The normalized spacial score (nSPS) is 16.5. The maximum atomic E-state index is 12.1. The predicted molar refractivity (Wildman–Crippen MR) is 108 cm³/mol. The number of thiophene rings is 1. The number of pyridine rings is 1. The number of hydrogen-bond donors (Lipinski definition) is 0. The lowest BCUT2D eigenvalue weighted by molar-refractivity contribution is -0.130. The number of hydrazone groups is 1. The minimum atomic E-state index is -0.0594. The molecule has 7 heteroatoms. The van der Waals surface area contributed by atoms with Crippen molar-refractivity contribution in [1.82, 2.24) is 15.0 Å². The van der Waals surface area contributed by atoms with E-state index in [2.05, 4.69) is 15.1 Å². The fourth-order valence-electron chi connectivity index (χ4n) is 3.40. The van der Waals surface area contributed by atoms with E-state index in [-0.39, 0.29) is 11.9 Å². The van der Waals surface area contributed by atoms with Crippen LogP contribution < -0.4 is 0 Å². The van der Waals surface area contributed by atoms with Crippen molar-refractivity contribution in [3.05, 3.63) is 70.7 Å². The number of hydrogen-bond acceptors (Lipinski definition) is 6. The standard InChI is InChI=1S/C21H16N4O2S/c1-13(26)25-18(20-3-2-10-28-20)12-16(24-25)15-4-5-19-17(11-15)23-21(27-19)14-6-8-22-9-7-14/h2-11,18H,12H2,1H3. The van der Waals surface area contributed by atoms with E-state index in [1.165, 1.54) is 0 Å². The summed E-state index contributed by atoms with van der Waals surface area (Å²) in [5, 5.41) is 8.21. The maximum Gasteiger partial charge on any atom is 0.240 e. The Bertz CT molecular complexity index is 1180. The van der Waals surface area contributed by atoms with Crippen molar-refractivity contribution in [3.8, 4) is 11.5 Å². The summed E-state index contributed by atoms with van der Waals surface area (Å²) in [4.78, 5) is 21.9. The number of carbonyl (C=O) groups is 1. The lowest BCUT2D eigenvalue weighted by Gasteiger charge is -2.18. The topological polar surface area (TPSA) is 71.6 Å². The van der Waals surface area contributed by atoms with E-state index in [9.17, 15) is 4.79 Å². The summed E-state index contributed by atoms with van der Waals surface area (Å²) < 4.78 is 5.87. The first-order valence-electron chi connectivity index (χ1n) is 8.91. The molecule has 0 spiro atoms. The second-order valence-electron chi connectivity index (χ2n) is 6.58. The Hall–Kier alpha value is -3.32. The second-order valence-corrected chi connectivity index (χ2v) is 7.56. The molecule has 28 heavy (non-hydrogen) atoms. The molecule has 0 bridgehead atoms. The van der Waals surface area contributed by atoms with Crippen LogP contribution in [0.4, 0.5) is 0 Å². The maximum absolute atomic E-state index is 12.1. The summed E-state index contributed by atoms with van der Waals surface area (Å²) in [5.41, 5.74) is 4.19. The molecule has 0 saturated carbocycles. The van der Waals surface area contributed by atoms with Crippen LogP contribution in [0.15, 0.2) is 69.8 Å². The summed E-state index contributed by atoms with van der Waals surface area (Å²) >= 11 is 1.64. The van der Waals surface area contributed by atoms with E-state index >= 15 is 0 Å². The molecule has 5 rings (SSSR count). The van der Waals surface area contributed by atoms with E-state index in [1.807, 2.05) is 47.8 Å². The van der Waals surface area contributed by atoms with E-state index < -0.39 is 0 Å². The molecule has 1 unspecified atom stereocenters. The van der Waals surface area contributed by atoms with Crippen molar-refractivity contribution in [3.63, 3.8) is 0 Å². The number of amides is 1. The molecule has 138 valence electrons. The van der Waals surface area contributed by atoms with Gasteiger partial charge >= 0.3 is 0 Å². The Morgan fingerprint density at radius 1 is 1.18 bits per heavy atom. The molecule has 1 aliphatic heterocycles. The SMILES string of the molecule is CC(=O)N1N=C(c2ccc3oc(-c4ccncc4)nc3c2)CC1c1cccs1. The molecule has 4 heterocycles. The van der Waals surface area contributed by atoms with Crippen molar-refractivity contribution < 1.29 is 9.21 Å². The summed E-state index contributed by atoms with van der Waals surface area (Å²) in [6.45, 7) is 1.55. The quantitative estimate of drug-likeness (QED) is 0.512. The zero-order chi connectivity index (χ0) is 19.1. The zero-order valence-electron chi connectivity index (χ0n) is 15.1. The molecule has 1 amide bonds. The molecular weight excluding hydrogens is 372 g/mol. The third-order valence-electron chi connectivity index (χ3n) is 4.75. The Labute approximate surface area is 165 Å². The number of aromatic nitrogens is 2. The molecule has 1 aromatic carbocycles. The van der Waals surface area contributed by atoms with Crippen LogP contribution in [0.5, 0.6) is 0 Å². The molecular formula is C21H16N4O2S. The Morgan fingerprint density at radius 2 is 2.04 bits per heavy atom. The third-order valence-corrected chi connectivity index (χ3v) is 5.73. The second kappa shape index (κ2) is 6.69. The summed E-state index contributed by atoms with van der Waals surface area (Å²) in [5.74, 6) is 0.501. The lowest BCUT2D eigenvalue weighted by Crippen LogP contribution is -2.23. The van der Waals surface area contributed by atoms with Gasteiger partial charge in [0.25, 0.3) is 0 Å². The van der Waals surface area contributed by atoms with Crippen LogP contribution in [0, 0.1) is 0 Å². The van der Waals surface area contributed by atoms with E-state index in [1.54, 1.807) is 35.7 Å². The Balaban J connectivity index is 1.50. The largest absolute Gasteiger partial charge is 0.436 e. The minimum absolute atomic E-state index is 0.0483. The van der Waals surface area contributed by atoms with Crippen molar-refractivity contribution in [2.75, 3.05) is 0 Å². The van der Waals surface area contributed by atoms with Gasteiger partial charge in [-0.05, 0) is 41.8 Å². The van der Waals surface area contributed by atoms with Crippen molar-refractivity contribution >= 4 is 34.1 Å². The van der Waals surface area contributed by atoms with Gasteiger partial charge in [0.2, 0.25) is 11.8 Å². The predicted octanol–water partition coefficient (Wildman–Crippen LogP) is 4.65. The van der Waals surface area contributed by atoms with Crippen LogP contribution in [0.2, 0.25) is 0 Å². The molecule has 6 nitrogen and oxygen atoms in total. The molecule has 3 aromatic heterocycles. The number of rotatable bonds is 3. The van der Waals surface area contributed by atoms with Gasteiger partial charge in [-0.15, -0.1) is 11.3 Å². The monoisotopic (exact) mass is 388 g/mol. The van der Waals surface area contributed by atoms with E-state index in [0.29, 0.717) is 17.9 Å². The van der Waals surface area contributed by atoms with Gasteiger partial charge in [0.1, 0.15) is 5.52 Å². The third kappa shape index (κ3) is 2.90. The number of benzene rings is 1. The van der Waals surface area contributed by atoms with E-state index in [0.717, 1.165) is 27.2 Å². The minimum Gasteiger partial charge on any atom is -0.436 e. The fraction of sp³-hybridized carbons (Fsp3) is 0.143. The highest BCUT2D eigenvalue weighted by molar-refractivity contribution is 7.10. The van der Waals surface area contributed by atoms with Crippen LogP contribution in [0.1, 0.15) is 29.8 Å². The highest BCUT2D eigenvalue weighted by atomic mass is 32.1. The van der Waals surface area contributed by atoms with Crippen molar-refractivity contribution in [2.45, 2.75) is 19.4 Å². The van der Waals surface area contributed by atoms with Crippen LogP contribution in [-0.4, -0.2) is 26.6 Å². The Kier molecular flexibility index (Phi) is 4.02. The smallest absolute Gasteiger partial charge is 0.240 e. The first-order valence-corrected chi connectivity index (χ1v) is 9.79. The molecule has 1 aliphatic rings. The summed E-state index contributed by atoms with van der Waals surface area (Å²) in [6, 6.07) is 13.6. The van der Waals surface area contributed by atoms with E-state index in [4.69, 9.17) is 4.42 Å². The van der Waals surface area contributed by atoms with Gasteiger partial charge in [0.15, 0.2) is 5.58 Å². The average molecular weight is 388 g/mol. The molecule has 1 atom stereocenters. The fourth-order valence-corrected chi connectivity index (χ4v) is 4.21. The van der Waals surface area contributed by atoms with Gasteiger partial charge < -0.3 is 4.42 Å². The Morgan fingerprint density at radius 3 is 2.79 bits per heavy atom. The first kappa shape index (κ1) is 16.8. The molecule has 0 saturated heterocycles. The van der Waals surface area contributed by atoms with Crippen LogP contribution >= 0.6 is 11.3 Å². The van der Waals surface area contributed by atoms with Crippen LogP contribution in [-0.2, 0) is 4.79 Å². The first-order chi connectivity index (χ1) is 13.7. The van der Waals surface area contributed by atoms with Gasteiger partial charge in [0.05, 0.1) is 11.8 Å². The van der Waals surface area contributed by atoms with Gasteiger partial charge in [-0.1, -0.05) is 6.07 Å². The number of nitrogens with zero attached hydrogens (tertiary/aromatic N) is 4. The van der Waals surface area contributed by atoms with Crippen LogP contribution in [0.3, 0.4) is 0 Å². The molecule has 0 N–H and O–H groups in total. The van der Waals surface area contributed by atoms with Gasteiger partial charge in [-0.25, -0.2) is 9.99 Å². The number of carbonyl (C=O) groups excluding carboxylic acids is 1. The highest BCUT2D eigenvalue weighted by Crippen LogP contribution is 2.35. The van der Waals surface area contributed by atoms with Crippen molar-refractivity contribution in [2.24, 2.45) is 5.10 Å². The van der Waals surface area contributed by atoms with Gasteiger partial charge in [-0.2, -0.15) is 5.10 Å². The average Bonchev–Trinajstić information content (AvgIpc) is 3.46. The molecule has 4 aromatic rings. The number of fused-ring (bicyclic) bond motifs is 1. The zero-order valence-corrected chi connectivity index (χ0v) is 15.9. The molecule has 0 radical (unpaired) electrons. The van der Waals surface area contributed by atoms with Crippen molar-refractivity contribution in [1.29, 1.82) is 0 Å². The summed E-state index contributed by atoms with van der Waals surface area (Å²) in [7, 11) is 0. The molecule has 0 aliphatic carbocycles. The highest BCUT2D eigenvalue weighted by Gasteiger charge is 2.32. The number of oxazole rings is 1. The van der Waals surface area contributed by atoms with Gasteiger partial charge in [-0.3, -0.25) is 9.78 Å². The van der Waals surface area contributed by atoms with Gasteiger partial charge in [0, 0.05) is 41.7 Å².